The van der Waals surface area contributed by atoms with E-state index in [1.54, 1.807) is 12.1 Å². The summed E-state index contributed by atoms with van der Waals surface area (Å²) in [4.78, 5) is 0. The van der Waals surface area contributed by atoms with Crippen LogP contribution in [0.5, 0.6) is 11.5 Å². The first-order valence-corrected chi connectivity index (χ1v) is 9.48. The van der Waals surface area contributed by atoms with Gasteiger partial charge in [0.05, 0.1) is 0 Å². The van der Waals surface area contributed by atoms with E-state index in [1.165, 1.54) is 6.42 Å². The van der Waals surface area contributed by atoms with Gasteiger partial charge in [0.15, 0.2) is 0 Å². The van der Waals surface area contributed by atoms with Crippen LogP contribution >= 0.6 is 0 Å². The Morgan fingerprint density at radius 3 is 1.65 bits per heavy atom. The van der Waals surface area contributed by atoms with Gasteiger partial charge in [-0.05, 0) is 48.9 Å². The molecule has 1 aliphatic carbocycles. The lowest BCUT2D eigenvalue weighted by atomic mass is 9.62. The van der Waals surface area contributed by atoms with Gasteiger partial charge in [-0.15, -0.1) is 13.2 Å². The molecule has 0 aromatic heterocycles. The Morgan fingerprint density at radius 2 is 1.23 bits per heavy atom. The average molecular weight is 348 g/mol. The topological polar surface area (TPSA) is 40.5 Å². The molecule has 2 aromatic rings. The summed E-state index contributed by atoms with van der Waals surface area (Å²) in [5.74, 6) is 0.637. The molecule has 0 heterocycles. The highest BCUT2D eigenvalue weighted by Crippen LogP contribution is 2.52. The third kappa shape index (κ3) is 3.16. The summed E-state index contributed by atoms with van der Waals surface area (Å²) in [5.41, 5.74) is 3.74. The molecule has 0 spiro atoms. The molecule has 3 rings (SSSR count). The molecule has 2 heteroatoms. The summed E-state index contributed by atoms with van der Waals surface area (Å²) >= 11 is 0. The molecule has 0 bridgehead atoms. The first kappa shape index (κ1) is 18.3. The van der Waals surface area contributed by atoms with E-state index < -0.39 is 0 Å². The van der Waals surface area contributed by atoms with Gasteiger partial charge in [-0.25, -0.2) is 0 Å². The Hall–Kier alpha value is -2.48. The molecule has 2 aromatic carbocycles. The van der Waals surface area contributed by atoms with Crippen molar-refractivity contribution >= 4 is 0 Å². The Morgan fingerprint density at radius 1 is 0.769 bits per heavy atom. The molecule has 1 fully saturated rings. The predicted octanol–water partition coefficient (Wildman–Crippen LogP) is 5.81. The van der Waals surface area contributed by atoms with Gasteiger partial charge in [0, 0.05) is 16.5 Å². The summed E-state index contributed by atoms with van der Waals surface area (Å²) < 4.78 is 0. The van der Waals surface area contributed by atoms with Crippen LogP contribution in [0.2, 0.25) is 0 Å². The lowest BCUT2D eigenvalue weighted by molar-refractivity contribution is 0.318. The number of phenolic OH excluding ortho intramolecular Hbond substituents is 2. The number of rotatable bonds is 6. The molecule has 2 N–H and O–H groups in total. The maximum atomic E-state index is 10.9. The van der Waals surface area contributed by atoms with Gasteiger partial charge < -0.3 is 10.2 Å². The Labute approximate surface area is 156 Å². The summed E-state index contributed by atoms with van der Waals surface area (Å²) in [7, 11) is 0. The van der Waals surface area contributed by atoms with Crippen LogP contribution < -0.4 is 0 Å². The van der Waals surface area contributed by atoms with Gasteiger partial charge in [-0.1, -0.05) is 55.7 Å². The Kier molecular flexibility index (Phi) is 5.51. The average Bonchev–Trinajstić information content (AvgIpc) is 2.63. The molecular formula is C24H28O2. The molecular weight excluding hydrogens is 320 g/mol. The maximum Gasteiger partial charge on any atom is 0.119 e. The largest absolute Gasteiger partial charge is 0.508 e. The summed E-state index contributed by atoms with van der Waals surface area (Å²) in [6.07, 6.45) is 10.4. The van der Waals surface area contributed by atoms with Crippen molar-refractivity contribution in [2.75, 3.05) is 0 Å². The first-order valence-electron chi connectivity index (χ1n) is 9.48. The first-order chi connectivity index (χ1) is 12.6. The van der Waals surface area contributed by atoms with E-state index in [9.17, 15) is 10.2 Å². The molecule has 0 saturated heterocycles. The third-order valence-electron chi connectivity index (χ3n) is 5.65. The lowest BCUT2D eigenvalue weighted by Gasteiger charge is -2.41. The standard InChI is InChI=1S/C24H28O2/c1-3-10-18-12-8-14-20(25)22(18)24(16-6-5-7-17-24)23-19(11-4-2)13-9-15-21(23)26/h3-4,8-9,12-15,25-26H,1-2,5-7,10-11,16-17H2. The third-order valence-corrected chi connectivity index (χ3v) is 5.65. The number of allylic oxidation sites excluding steroid dienone is 2. The Balaban J connectivity index is 2.32. The lowest BCUT2D eigenvalue weighted by Crippen LogP contribution is -2.33. The molecule has 136 valence electrons. The van der Waals surface area contributed by atoms with Crippen LogP contribution in [0.25, 0.3) is 0 Å². The minimum Gasteiger partial charge on any atom is -0.508 e. The number of benzene rings is 2. The zero-order valence-corrected chi connectivity index (χ0v) is 15.4. The second-order valence-electron chi connectivity index (χ2n) is 7.25. The van der Waals surface area contributed by atoms with Crippen molar-refractivity contribution in [2.24, 2.45) is 0 Å². The molecule has 0 aliphatic heterocycles. The van der Waals surface area contributed by atoms with E-state index >= 15 is 0 Å². The quantitative estimate of drug-likeness (QED) is 0.647. The molecule has 26 heavy (non-hydrogen) atoms. The summed E-state index contributed by atoms with van der Waals surface area (Å²) in [5, 5.41) is 21.7. The van der Waals surface area contributed by atoms with E-state index in [-0.39, 0.29) is 5.41 Å². The highest BCUT2D eigenvalue weighted by Gasteiger charge is 2.42. The van der Waals surface area contributed by atoms with Crippen molar-refractivity contribution in [3.8, 4) is 11.5 Å². The van der Waals surface area contributed by atoms with Crippen molar-refractivity contribution in [1.29, 1.82) is 0 Å². The maximum absolute atomic E-state index is 10.9. The van der Waals surface area contributed by atoms with Crippen molar-refractivity contribution < 1.29 is 10.2 Å². The number of hydrogen-bond donors (Lipinski definition) is 2. The number of phenols is 2. The molecule has 2 nitrogen and oxygen atoms in total. The van der Waals surface area contributed by atoms with E-state index in [4.69, 9.17) is 0 Å². The van der Waals surface area contributed by atoms with E-state index in [0.29, 0.717) is 24.3 Å². The fourth-order valence-electron chi connectivity index (χ4n) is 4.71. The van der Waals surface area contributed by atoms with Crippen molar-refractivity contribution in [2.45, 2.75) is 50.4 Å². The fourth-order valence-corrected chi connectivity index (χ4v) is 4.71. The smallest absolute Gasteiger partial charge is 0.119 e. The van der Waals surface area contributed by atoms with Gasteiger partial charge in [0.1, 0.15) is 11.5 Å². The molecule has 0 unspecified atom stereocenters. The number of aromatic hydroxyl groups is 2. The monoisotopic (exact) mass is 348 g/mol. The Bertz CT molecular complexity index is 736. The van der Waals surface area contributed by atoms with Crippen LogP contribution in [-0.2, 0) is 18.3 Å². The van der Waals surface area contributed by atoms with Crippen molar-refractivity contribution in [3.63, 3.8) is 0 Å². The minimum absolute atomic E-state index is 0.319. The van der Waals surface area contributed by atoms with Crippen LogP contribution in [-0.4, -0.2) is 10.2 Å². The fraction of sp³-hybridized carbons (Fsp3) is 0.333. The minimum atomic E-state index is -0.369. The second kappa shape index (κ2) is 7.82. The molecule has 1 aliphatic rings. The highest BCUT2D eigenvalue weighted by atomic mass is 16.3. The molecule has 0 amide bonds. The van der Waals surface area contributed by atoms with Crippen molar-refractivity contribution in [3.05, 3.63) is 84.0 Å². The van der Waals surface area contributed by atoms with Gasteiger partial charge in [0.2, 0.25) is 0 Å². The molecule has 0 atom stereocenters. The normalized spacial score (nSPS) is 16.2. The van der Waals surface area contributed by atoms with Crippen LogP contribution in [0.3, 0.4) is 0 Å². The number of hydrogen-bond acceptors (Lipinski definition) is 2. The van der Waals surface area contributed by atoms with Crippen LogP contribution in [0.15, 0.2) is 61.7 Å². The van der Waals surface area contributed by atoms with E-state index in [1.807, 2.05) is 24.3 Å². The zero-order chi connectivity index (χ0) is 18.6. The SMILES string of the molecule is C=CCc1cccc(O)c1C1(c2c(O)cccc2CC=C)CCCCC1. The van der Waals surface area contributed by atoms with Gasteiger partial charge in [0.25, 0.3) is 0 Å². The molecule has 0 radical (unpaired) electrons. The van der Waals surface area contributed by atoms with E-state index in [2.05, 4.69) is 25.3 Å². The zero-order valence-electron chi connectivity index (χ0n) is 15.4. The van der Waals surface area contributed by atoms with Crippen LogP contribution in [0.4, 0.5) is 0 Å². The van der Waals surface area contributed by atoms with E-state index in [0.717, 1.165) is 47.9 Å². The second-order valence-corrected chi connectivity index (χ2v) is 7.25. The van der Waals surface area contributed by atoms with Crippen LogP contribution in [0.1, 0.15) is 54.4 Å². The summed E-state index contributed by atoms with van der Waals surface area (Å²) in [6, 6.07) is 11.5. The molecule has 1 saturated carbocycles. The van der Waals surface area contributed by atoms with Gasteiger partial charge in [-0.3, -0.25) is 0 Å². The van der Waals surface area contributed by atoms with Gasteiger partial charge >= 0.3 is 0 Å². The predicted molar refractivity (Wildman–Crippen MR) is 108 cm³/mol. The highest BCUT2D eigenvalue weighted by molar-refractivity contribution is 5.57. The van der Waals surface area contributed by atoms with Crippen molar-refractivity contribution in [1.82, 2.24) is 0 Å². The summed E-state index contributed by atoms with van der Waals surface area (Å²) in [6.45, 7) is 7.78. The van der Waals surface area contributed by atoms with Crippen LogP contribution in [0, 0.1) is 0 Å². The van der Waals surface area contributed by atoms with Gasteiger partial charge in [-0.2, -0.15) is 0 Å².